The van der Waals surface area contributed by atoms with Gasteiger partial charge in [-0.25, -0.2) is 0 Å². The van der Waals surface area contributed by atoms with Crippen molar-refractivity contribution in [2.75, 3.05) is 32.8 Å². The molecule has 1 aliphatic carbocycles. The molecule has 0 radical (unpaired) electrons. The monoisotopic (exact) mass is 282 g/mol. The fourth-order valence-corrected chi connectivity index (χ4v) is 3.92. The summed E-state index contributed by atoms with van der Waals surface area (Å²) < 4.78 is 5.67. The smallest absolute Gasteiger partial charge is 0.0674 e. The van der Waals surface area contributed by atoms with E-state index in [0.29, 0.717) is 6.10 Å². The van der Waals surface area contributed by atoms with E-state index in [1.807, 2.05) is 0 Å². The zero-order chi connectivity index (χ0) is 14.4. The Labute approximate surface area is 125 Å². The number of nitrogens with one attached hydrogen (secondary N) is 1. The molecule has 0 aromatic carbocycles. The summed E-state index contributed by atoms with van der Waals surface area (Å²) in [6.45, 7) is 12.4. The molecule has 0 aromatic heterocycles. The molecule has 1 aliphatic heterocycles. The van der Waals surface area contributed by atoms with Gasteiger partial charge in [-0.05, 0) is 51.0 Å². The van der Waals surface area contributed by atoms with E-state index in [4.69, 9.17) is 4.74 Å². The Balaban J connectivity index is 1.88. The van der Waals surface area contributed by atoms with Crippen molar-refractivity contribution in [3.63, 3.8) is 0 Å². The van der Waals surface area contributed by atoms with Gasteiger partial charge in [-0.3, -0.25) is 4.90 Å². The van der Waals surface area contributed by atoms with Crippen molar-refractivity contribution in [1.29, 1.82) is 0 Å². The van der Waals surface area contributed by atoms with Gasteiger partial charge in [0.25, 0.3) is 0 Å². The van der Waals surface area contributed by atoms with Gasteiger partial charge in [0.05, 0.1) is 12.7 Å². The van der Waals surface area contributed by atoms with E-state index >= 15 is 0 Å². The molecule has 2 fully saturated rings. The zero-order valence-corrected chi connectivity index (χ0v) is 13.7. The van der Waals surface area contributed by atoms with Gasteiger partial charge in [-0.1, -0.05) is 20.3 Å². The van der Waals surface area contributed by atoms with Crippen LogP contribution >= 0.6 is 0 Å². The van der Waals surface area contributed by atoms with E-state index in [9.17, 15) is 0 Å². The SMILES string of the molecule is CCCNC1CCC(CC)CC1CN1CCOC(C)C1. The molecule has 3 nitrogen and oxygen atoms in total. The molecule has 0 amide bonds. The first-order valence-corrected chi connectivity index (χ1v) is 8.80. The quantitative estimate of drug-likeness (QED) is 0.811. The molecule has 118 valence electrons. The molecule has 1 saturated carbocycles. The van der Waals surface area contributed by atoms with Gasteiger partial charge in [-0.15, -0.1) is 0 Å². The van der Waals surface area contributed by atoms with E-state index in [2.05, 4.69) is 31.0 Å². The van der Waals surface area contributed by atoms with E-state index in [-0.39, 0.29) is 0 Å². The molecule has 3 heteroatoms. The summed E-state index contributed by atoms with van der Waals surface area (Å²) in [6.07, 6.45) is 7.24. The fraction of sp³-hybridized carbons (Fsp3) is 1.00. The third-order valence-corrected chi connectivity index (χ3v) is 5.14. The standard InChI is InChI=1S/C17H34N2O/c1-4-8-18-17-7-6-15(5-2)11-16(17)13-19-9-10-20-14(3)12-19/h14-18H,4-13H2,1-3H3. The van der Waals surface area contributed by atoms with Crippen LogP contribution in [0.15, 0.2) is 0 Å². The third-order valence-electron chi connectivity index (χ3n) is 5.14. The highest BCUT2D eigenvalue weighted by Crippen LogP contribution is 2.32. The average Bonchev–Trinajstić information content (AvgIpc) is 2.46. The van der Waals surface area contributed by atoms with E-state index in [1.54, 1.807) is 0 Å². The molecule has 1 heterocycles. The summed E-state index contributed by atoms with van der Waals surface area (Å²) in [5.74, 6) is 1.80. The Morgan fingerprint density at radius 2 is 2.10 bits per heavy atom. The lowest BCUT2D eigenvalue weighted by atomic mass is 9.76. The first-order valence-electron chi connectivity index (χ1n) is 8.80. The Kier molecular flexibility index (Phi) is 6.79. The van der Waals surface area contributed by atoms with Crippen molar-refractivity contribution < 1.29 is 4.74 Å². The van der Waals surface area contributed by atoms with Gasteiger partial charge < -0.3 is 10.1 Å². The maximum absolute atomic E-state index is 5.67. The van der Waals surface area contributed by atoms with E-state index in [0.717, 1.165) is 37.6 Å². The van der Waals surface area contributed by atoms with Gasteiger partial charge in [-0.2, -0.15) is 0 Å². The number of morpholine rings is 1. The largest absolute Gasteiger partial charge is 0.376 e. The predicted octanol–water partition coefficient (Wildman–Crippen LogP) is 2.90. The van der Waals surface area contributed by atoms with E-state index in [1.165, 1.54) is 45.2 Å². The maximum atomic E-state index is 5.67. The number of hydrogen-bond donors (Lipinski definition) is 1. The number of nitrogens with zero attached hydrogens (tertiary/aromatic N) is 1. The highest BCUT2D eigenvalue weighted by atomic mass is 16.5. The van der Waals surface area contributed by atoms with Crippen molar-refractivity contribution in [2.24, 2.45) is 11.8 Å². The Morgan fingerprint density at radius 3 is 2.80 bits per heavy atom. The van der Waals surface area contributed by atoms with Gasteiger partial charge >= 0.3 is 0 Å². The summed E-state index contributed by atoms with van der Waals surface area (Å²) in [7, 11) is 0. The van der Waals surface area contributed by atoms with Gasteiger partial charge in [0.2, 0.25) is 0 Å². The summed E-state index contributed by atoms with van der Waals surface area (Å²) in [6, 6.07) is 0.746. The van der Waals surface area contributed by atoms with E-state index < -0.39 is 0 Å². The summed E-state index contributed by atoms with van der Waals surface area (Å²) >= 11 is 0. The van der Waals surface area contributed by atoms with Crippen molar-refractivity contribution in [3.05, 3.63) is 0 Å². The maximum Gasteiger partial charge on any atom is 0.0674 e. The second kappa shape index (κ2) is 8.35. The van der Waals surface area contributed by atoms with Crippen LogP contribution in [0.4, 0.5) is 0 Å². The van der Waals surface area contributed by atoms with Crippen molar-refractivity contribution in [1.82, 2.24) is 10.2 Å². The van der Waals surface area contributed by atoms with Gasteiger partial charge in [0.15, 0.2) is 0 Å². The minimum atomic E-state index is 0.413. The Bertz CT molecular complexity index is 272. The first kappa shape index (κ1) is 16.3. The molecule has 0 spiro atoms. The lowest BCUT2D eigenvalue weighted by Crippen LogP contribution is -2.49. The topological polar surface area (TPSA) is 24.5 Å². The summed E-state index contributed by atoms with van der Waals surface area (Å²) in [5.41, 5.74) is 0. The van der Waals surface area contributed by atoms with Crippen LogP contribution in [0.25, 0.3) is 0 Å². The Hall–Kier alpha value is -0.120. The third kappa shape index (κ3) is 4.71. The molecule has 4 unspecified atom stereocenters. The summed E-state index contributed by atoms with van der Waals surface area (Å²) in [5, 5.41) is 3.81. The van der Waals surface area contributed by atoms with Crippen LogP contribution in [0.2, 0.25) is 0 Å². The van der Waals surface area contributed by atoms with Crippen LogP contribution in [0, 0.1) is 11.8 Å². The van der Waals surface area contributed by atoms with Crippen LogP contribution in [0.1, 0.15) is 52.9 Å². The Morgan fingerprint density at radius 1 is 1.25 bits per heavy atom. The molecular formula is C17H34N2O. The molecule has 2 aliphatic rings. The van der Waals surface area contributed by atoms with Gasteiger partial charge in [0, 0.05) is 25.7 Å². The van der Waals surface area contributed by atoms with Crippen LogP contribution in [-0.2, 0) is 4.74 Å². The summed E-state index contributed by atoms with van der Waals surface area (Å²) in [4.78, 5) is 2.64. The van der Waals surface area contributed by atoms with Crippen LogP contribution < -0.4 is 5.32 Å². The van der Waals surface area contributed by atoms with Crippen LogP contribution in [0.3, 0.4) is 0 Å². The van der Waals surface area contributed by atoms with Crippen LogP contribution in [0.5, 0.6) is 0 Å². The number of ether oxygens (including phenoxy) is 1. The fourth-order valence-electron chi connectivity index (χ4n) is 3.92. The molecular weight excluding hydrogens is 248 g/mol. The minimum absolute atomic E-state index is 0.413. The predicted molar refractivity (Wildman–Crippen MR) is 85.1 cm³/mol. The second-order valence-corrected chi connectivity index (χ2v) is 6.85. The zero-order valence-electron chi connectivity index (χ0n) is 13.7. The lowest BCUT2D eigenvalue weighted by Gasteiger charge is -2.41. The van der Waals surface area contributed by atoms with Crippen molar-refractivity contribution in [3.8, 4) is 0 Å². The molecule has 20 heavy (non-hydrogen) atoms. The second-order valence-electron chi connectivity index (χ2n) is 6.85. The van der Waals surface area contributed by atoms with Crippen molar-refractivity contribution in [2.45, 2.75) is 65.0 Å². The first-order chi connectivity index (χ1) is 9.72. The number of rotatable bonds is 6. The average molecular weight is 282 g/mol. The lowest BCUT2D eigenvalue weighted by molar-refractivity contribution is -0.0280. The normalized spacial score (nSPS) is 36.1. The molecule has 0 aromatic rings. The van der Waals surface area contributed by atoms with Gasteiger partial charge in [0.1, 0.15) is 0 Å². The molecule has 0 bridgehead atoms. The molecule has 2 rings (SSSR count). The number of hydrogen-bond acceptors (Lipinski definition) is 3. The highest BCUT2D eigenvalue weighted by Gasteiger charge is 2.31. The highest BCUT2D eigenvalue weighted by molar-refractivity contribution is 4.87. The molecule has 1 N–H and O–H groups in total. The molecule has 4 atom stereocenters. The molecule has 1 saturated heterocycles. The van der Waals surface area contributed by atoms with Crippen LogP contribution in [-0.4, -0.2) is 49.8 Å². The van der Waals surface area contributed by atoms with Crippen molar-refractivity contribution >= 4 is 0 Å². The minimum Gasteiger partial charge on any atom is -0.376 e.